The summed E-state index contributed by atoms with van der Waals surface area (Å²) in [5.74, 6) is 1.42. The molecule has 0 spiro atoms. The molecule has 0 radical (unpaired) electrons. The minimum Gasteiger partial charge on any atom is -0.454 e. The minimum atomic E-state index is -4.44. The van der Waals surface area contributed by atoms with Gasteiger partial charge >= 0.3 is 6.18 Å². The van der Waals surface area contributed by atoms with E-state index < -0.39 is 12.2 Å². The molecule has 9 heteroatoms. The highest BCUT2D eigenvalue weighted by Crippen LogP contribution is 2.39. The van der Waals surface area contributed by atoms with E-state index in [1.165, 1.54) is 0 Å². The Balaban J connectivity index is 1.32. The first kappa shape index (κ1) is 22.6. The molecule has 1 unspecified atom stereocenters. The molecule has 1 saturated heterocycles. The van der Waals surface area contributed by atoms with E-state index in [9.17, 15) is 13.2 Å². The molecule has 0 aliphatic carbocycles. The predicted octanol–water partition coefficient (Wildman–Crippen LogP) is 5.08. The molecule has 2 aliphatic rings. The van der Waals surface area contributed by atoms with Crippen molar-refractivity contribution in [3.63, 3.8) is 0 Å². The number of hydrogen-bond acceptors (Lipinski definition) is 5. The van der Waals surface area contributed by atoms with Gasteiger partial charge < -0.3 is 14.4 Å². The molecular weight excluding hydrogens is 445 g/mol. The highest BCUT2D eigenvalue weighted by molar-refractivity contribution is 5.57. The third kappa shape index (κ3) is 4.32. The van der Waals surface area contributed by atoms with Gasteiger partial charge in [0.25, 0.3) is 0 Å². The third-order valence-electron chi connectivity index (χ3n) is 6.58. The van der Waals surface area contributed by atoms with Gasteiger partial charge in [-0.05, 0) is 51.0 Å². The number of halogens is 3. The highest BCUT2D eigenvalue weighted by Gasteiger charge is 2.45. The Hall–Kier alpha value is -3.20. The first-order valence-corrected chi connectivity index (χ1v) is 11.4. The normalized spacial score (nSPS) is 17.3. The molecule has 2 aromatic carbocycles. The molecule has 3 heterocycles. The lowest BCUT2D eigenvalue weighted by atomic mass is 9.98. The zero-order valence-electron chi connectivity index (χ0n) is 19.1. The van der Waals surface area contributed by atoms with Crippen molar-refractivity contribution in [3.05, 3.63) is 65.5 Å². The molecule has 1 aromatic heterocycles. The Morgan fingerprint density at radius 1 is 0.971 bits per heavy atom. The number of anilines is 1. The maximum atomic E-state index is 14.3. The van der Waals surface area contributed by atoms with Crippen LogP contribution < -0.4 is 19.7 Å². The summed E-state index contributed by atoms with van der Waals surface area (Å²) in [6, 6.07) is 13.0. The number of ether oxygens (including phenoxy) is 2. The number of rotatable bonds is 5. The minimum absolute atomic E-state index is 0.203. The zero-order chi connectivity index (χ0) is 23.9. The van der Waals surface area contributed by atoms with Gasteiger partial charge in [0, 0.05) is 42.1 Å². The summed E-state index contributed by atoms with van der Waals surface area (Å²) >= 11 is 0. The number of nitrogens with zero attached hydrogens (tertiary/aromatic N) is 3. The van der Waals surface area contributed by atoms with Crippen LogP contribution in [-0.4, -0.2) is 41.9 Å². The van der Waals surface area contributed by atoms with Gasteiger partial charge in [0.1, 0.15) is 6.04 Å². The summed E-state index contributed by atoms with van der Waals surface area (Å²) in [5.41, 5.74) is 2.82. The van der Waals surface area contributed by atoms with Crippen molar-refractivity contribution in [1.82, 2.24) is 15.1 Å². The lowest BCUT2D eigenvalue weighted by Crippen LogP contribution is -2.47. The molecule has 34 heavy (non-hydrogen) atoms. The summed E-state index contributed by atoms with van der Waals surface area (Å²) < 4.78 is 55.2. The van der Waals surface area contributed by atoms with Crippen LogP contribution in [-0.2, 0) is 0 Å². The van der Waals surface area contributed by atoms with Crippen LogP contribution in [0.1, 0.15) is 35.8 Å². The van der Waals surface area contributed by atoms with E-state index >= 15 is 0 Å². The maximum Gasteiger partial charge on any atom is 0.408 e. The number of para-hydroxylation sites is 1. The molecular formula is C25H27F3N4O2. The number of benzene rings is 2. The van der Waals surface area contributed by atoms with Crippen LogP contribution in [0.15, 0.2) is 48.5 Å². The van der Waals surface area contributed by atoms with Crippen LogP contribution in [0.2, 0.25) is 0 Å². The number of aromatic nitrogens is 2. The topological polar surface area (TPSA) is 51.6 Å². The fraction of sp³-hybridized carbons (Fsp3) is 0.400. The second-order valence-corrected chi connectivity index (χ2v) is 8.77. The van der Waals surface area contributed by atoms with Crippen LogP contribution in [0.25, 0.3) is 5.69 Å². The van der Waals surface area contributed by atoms with Gasteiger partial charge in [-0.2, -0.15) is 18.3 Å². The van der Waals surface area contributed by atoms with Gasteiger partial charge in [0.2, 0.25) is 6.79 Å². The average molecular weight is 473 g/mol. The molecule has 1 fully saturated rings. The lowest BCUT2D eigenvalue weighted by Gasteiger charge is -2.36. The molecule has 1 N–H and O–H groups in total. The molecule has 180 valence electrons. The van der Waals surface area contributed by atoms with Crippen LogP contribution in [0.5, 0.6) is 11.5 Å². The Labute approximate surface area is 196 Å². The van der Waals surface area contributed by atoms with E-state index in [0.29, 0.717) is 43.1 Å². The quantitative estimate of drug-likeness (QED) is 0.561. The first-order valence-electron chi connectivity index (χ1n) is 11.4. The van der Waals surface area contributed by atoms with E-state index in [1.807, 2.05) is 48.5 Å². The standard InChI is InChI=1S/C25H27F3N4O2/c1-16-23(17(2)32(30-16)19-6-4-3-5-7-19)24(25(26,27)28)29-18-10-12-31(13-11-18)20-8-9-21-22(14-20)34-15-33-21/h3-9,14,18,24,29H,10-13,15H2,1-2H3. The van der Waals surface area contributed by atoms with Crippen molar-refractivity contribution in [2.45, 2.75) is 44.9 Å². The second kappa shape index (κ2) is 8.87. The molecule has 0 bridgehead atoms. The first-order chi connectivity index (χ1) is 16.3. The Bertz CT molecular complexity index is 1150. The summed E-state index contributed by atoms with van der Waals surface area (Å²) in [4.78, 5) is 2.17. The lowest BCUT2D eigenvalue weighted by molar-refractivity contribution is -0.160. The van der Waals surface area contributed by atoms with Crippen molar-refractivity contribution in [3.8, 4) is 17.2 Å². The number of aryl methyl sites for hydroxylation is 1. The molecule has 0 amide bonds. The van der Waals surface area contributed by atoms with E-state index in [2.05, 4.69) is 15.3 Å². The van der Waals surface area contributed by atoms with Crippen molar-refractivity contribution in [2.24, 2.45) is 0 Å². The van der Waals surface area contributed by atoms with Gasteiger partial charge in [0.15, 0.2) is 11.5 Å². The monoisotopic (exact) mass is 472 g/mol. The predicted molar refractivity (Wildman–Crippen MR) is 123 cm³/mol. The van der Waals surface area contributed by atoms with Crippen molar-refractivity contribution < 1.29 is 22.6 Å². The Kier molecular flexibility index (Phi) is 5.89. The molecule has 3 aromatic rings. The summed E-state index contributed by atoms with van der Waals surface area (Å²) in [7, 11) is 0. The largest absolute Gasteiger partial charge is 0.454 e. The van der Waals surface area contributed by atoms with Crippen LogP contribution >= 0.6 is 0 Å². The van der Waals surface area contributed by atoms with E-state index in [1.54, 1.807) is 18.5 Å². The van der Waals surface area contributed by atoms with Crippen LogP contribution in [0, 0.1) is 13.8 Å². The third-order valence-corrected chi connectivity index (χ3v) is 6.58. The average Bonchev–Trinajstić information content (AvgIpc) is 3.41. The highest BCUT2D eigenvalue weighted by atomic mass is 19.4. The van der Waals surface area contributed by atoms with Crippen LogP contribution in [0.3, 0.4) is 0 Å². The molecule has 2 aliphatic heterocycles. The van der Waals surface area contributed by atoms with Crippen molar-refractivity contribution in [1.29, 1.82) is 0 Å². The molecule has 6 nitrogen and oxygen atoms in total. The summed E-state index contributed by atoms with van der Waals surface area (Å²) in [6.45, 7) is 4.87. The van der Waals surface area contributed by atoms with Crippen LogP contribution in [0.4, 0.5) is 18.9 Å². The van der Waals surface area contributed by atoms with Gasteiger partial charge in [-0.3, -0.25) is 5.32 Å². The fourth-order valence-corrected chi connectivity index (χ4v) is 4.86. The van der Waals surface area contributed by atoms with E-state index in [4.69, 9.17) is 9.47 Å². The number of nitrogens with one attached hydrogen (secondary N) is 1. The summed E-state index contributed by atoms with van der Waals surface area (Å²) in [5, 5.41) is 7.36. The summed E-state index contributed by atoms with van der Waals surface area (Å²) in [6.07, 6.45) is -3.23. The van der Waals surface area contributed by atoms with Crippen molar-refractivity contribution >= 4 is 5.69 Å². The van der Waals surface area contributed by atoms with Crippen molar-refractivity contribution in [2.75, 3.05) is 24.8 Å². The molecule has 5 rings (SSSR count). The zero-order valence-corrected chi connectivity index (χ0v) is 19.1. The van der Waals surface area contributed by atoms with E-state index in [0.717, 1.165) is 17.1 Å². The molecule has 1 atom stereocenters. The van der Waals surface area contributed by atoms with Gasteiger partial charge in [-0.25, -0.2) is 4.68 Å². The Morgan fingerprint density at radius 2 is 1.68 bits per heavy atom. The van der Waals surface area contributed by atoms with Gasteiger partial charge in [-0.1, -0.05) is 18.2 Å². The fourth-order valence-electron chi connectivity index (χ4n) is 4.86. The van der Waals surface area contributed by atoms with Gasteiger partial charge in [-0.15, -0.1) is 0 Å². The smallest absolute Gasteiger partial charge is 0.408 e. The number of piperidine rings is 1. The Morgan fingerprint density at radius 3 is 2.38 bits per heavy atom. The number of hydrogen-bond donors (Lipinski definition) is 1. The van der Waals surface area contributed by atoms with Gasteiger partial charge in [0.05, 0.1) is 11.4 Å². The number of alkyl halides is 3. The van der Waals surface area contributed by atoms with E-state index in [-0.39, 0.29) is 18.4 Å². The molecule has 0 saturated carbocycles. The SMILES string of the molecule is Cc1nn(-c2ccccc2)c(C)c1C(NC1CCN(c2ccc3c(c2)OCO3)CC1)C(F)(F)F. The second-order valence-electron chi connectivity index (χ2n) is 8.77. The number of fused-ring (bicyclic) bond motifs is 1. The maximum absolute atomic E-state index is 14.3.